The molecule has 1 aromatic carbocycles. The Morgan fingerprint density at radius 1 is 1.29 bits per heavy atom. The van der Waals surface area contributed by atoms with Crippen LogP contribution in [-0.2, 0) is 6.42 Å². The smallest absolute Gasteiger partial charge is 0.177 e. The molecule has 5 nitrogen and oxygen atoms in total. The fourth-order valence-corrected chi connectivity index (χ4v) is 3.20. The number of thiophene rings is 1. The molecule has 0 radical (unpaired) electrons. The molecule has 0 aliphatic heterocycles. The predicted octanol–water partition coefficient (Wildman–Crippen LogP) is 4.68. The normalized spacial score (nSPS) is 11.5. The van der Waals surface area contributed by atoms with Crippen LogP contribution in [0.1, 0.15) is 17.4 Å². The Labute approximate surface area is 126 Å². The second-order valence-corrected chi connectivity index (χ2v) is 5.88. The van der Waals surface area contributed by atoms with Gasteiger partial charge in [-0.2, -0.15) is 0 Å². The zero-order chi connectivity index (χ0) is 14.8. The van der Waals surface area contributed by atoms with E-state index >= 15 is 0 Å². The number of azo groups is 1. The molecule has 0 aliphatic rings. The second kappa shape index (κ2) is 5.57. The van der Waals surface area contributed by atoms with Crippen LogP contribution in [0.25, 0.3) is 10.1 Å². The molecule has 1 N–H and O–H groups in total. The molecule has 0 fully saturated rings. The molecular weight excluding hydrogens is 284 g/mol. The maximum atomic E-state index is 10.1. The summed E-state index contributed by atoms with van der Waals surface area (Å²) in [7, 11) is 0. The van der Waals surface area contributed by atoms with Gasteiger partial charge in [-0.15, -0.1) is 21.6 Å². The minimum Gasteiger partial charge on any atom is -0.507 e. The van der Waals surface area contributed by atoms with Gasteiger partial charge in [-0.05, 0) is 31.0 Å². The summed E-state index contributed by atoms with van der Waals surface area (Å²) in [5, 5.41) is 19.5. The average molecular weight is 298 g/mol. The first kappa shape index (κ1) is 13.6. The van der Waals surface area contributed by atoms with E-state index in [4.69, 9.17) is 0 Å². The van der Waals surface area contributed by atoms with Crippen LogP contribution >= 0.6 is 11.3 Å². The molecule has 2 aromatic heterocycles. The van der Waals surface area contributed by atoms with Gasteiger partial charge in [0.15, 0.2) is 5.82 Å². The van der Waals surface area contributed by atoms with Crippen molar-refractivity contribution >= 4 is 32.9 Å². The molecule has 0 spiro atoms. The Morgan fingerprint density at radius 3 is 2.86 bits per heavy atom. The topological polar surface area (TPSA) is 70.7 Å². The summed E-state index contributed by atoms with van der Waals surface area (Å²) in [4.78, 5) is 9.02. The van der Waals surface area contributed by atoms with E-state index in [0.29, 0.717) is 11.6 Å². The van der Waals surface area contributed by atoms with Crippen molar-refractivity contribution in [3.05, 3.63) is 41.2 Å². The van der Waals surface area contributed by atoms with Gasteiger partial charge in [-0.1, -0.05) is 6.92 Å². The number of nitrogens with zero attached hydrogens (tertiary/aromatic N) is 4. The molecule has 0 saturated carbocycles. The summed E-state index contributed by atoms with van der Waals surface area (Å²) in [6.07, 6.45) is 3.85. The van der Waals surface area contributed by atoms with Crippen LogP contribution in [0.2, 0.25) is 0 Å². The first-order valence-electron chi connectivity index (χ1n) is 6.61. The zero-order valence-electron chi connectivity index (χ0n) is 11.7. The molecule has 21 heavy (non-hydrogen) atoms. The van der Waals surface area contributed by atoms with Gasteiger partial charge in [0.2, 0.25) is 0 Å². The van der Waals surface area contributed by atoms with Gasteiger partial charge in [0.1, 0.15) is 17.8 Å². The molecule has 0 unspecified atom stereocenters. The number of aromatic nitrogens is 2. The highest BCUT2D eigenvalue weighted by atomic mass is 32.1. The number of phenolic OH excluding ortho intramolecular Hbond substituents is 1. The summed E-state index contributed by atoms with van der Waals surface area (Å²) in [6.45, 7) is 4.05. The van der Waals surface area contributed by atoms with Crippen LogP contribution in [0.5, 0.6) is 5.75 Å². The average Bonchev–Trinajstić information content (AvgIpc) is 2.89. The van der Waals surface area contributed by atoms with E-state index in [-0.39, 0.29) is 0 Å². The summed E-state index contributed by atoms with van der Waals surface area (Å²) in [6, 6.07) is 5.44. The first-order chi connectivity index (χ1) is 10.2. The van der Waals surface area contributed by atoms with Crippen LogP contribution in [0.3, 0.4) is 0 Å². The van der Waals surface area contributed by atoms with Gasteiger partial charge in [0, 0.05) is 22.5 Å². The minimum atomic E-state index is 0.298. The van der Waals surface area contributed by atoms with Crippen molar-refractivity contribution in [3.8, 4) is 5.75 Å². The molecule has 3 aromatic rings. The predicted molar refractivity (Wildman–Crippen MR) is 83.8 cm³/mol. The van der Waals surface area contributed by atoms with E-state index in [2.05, 4.69) is 20.2 Å². The number of fused-ring (bicyclic) bond motifs is 1. The van der Waals surface area contributed by atoms with Crippen LogP contribution in [0, 0.1) is 6.92 Å². The van der Waals surface area contributed by atoms with Crippen LogP contribution in [0.4, 0.5) is 11.5 Å². The quantitative estimate of drug-likeness (QED) is 0.713. The van der Waals surface area contributed by atoms with Crippen molar-refractivity contribution in [1.82, 2.24) is 9.97 Å². The number of aryl methyl sites for hydroxylation is 2. The van der Waals surface area contributed by atoms with Crippen molar-refractivity contribution < 1.29 is 5.11 Å². The van der Waals surface area contributed by atoms with Crippen molar-refractivity contribution in [2.75, 3.05) is 0 Å². The Bertz CT molecular complexity index is 811. The van der Waals surface area contributed by atoms with Gasteiger partial charge in [0.05, 0.1) is 4.70 Å². The highest BCUT2D eigenvalue weighted by Crippen LogP contribution is 2.42. The van der Waals surface area contributed by atoms with Crippen LogP contribution in [0.15, 0.2) is 41.0 Å². The van der Waals surface area contributed by atoms with E-state index in [1.165, 1.54) is 6.33 Å². The molecule has 3 rings (SSSR count). The van der Waals surface area contributed by atoms with Crippen LogP contribution in [-0.4, -0.2) is 15.1 Å². The summed E-state index contributed by atoms with van der Waals surface area (Å²) in [5.74, 6) is 0.814. The highest BCUT2D eigenvalue weighted by molar-refractivity contribution is 7.19. The van der Waals surface area contributed by atoms with Gasteiger partial charge >= 0.3 is 0 Å². The van der Waals surface area contributed by atoms with E-state index in [0.717, 1.165) is 32.6 Å². The monoisotopic (exact) mass is 298 g/mol. The molecule has 0 aliphatic carbocycles. The fraction of sp³-hybridized carbons (Fsp3) is 0.200. The first-order valence-corrected chi connectivity index (χ1v) is 7.43. The highest BCUT2D eigenvalue weighted by Gasteiger charge is 2.13. The number of benzene rings is 1. The Hall–Kier alpha value is -2.34. The van der Waals surface area contributed by atoms with E-state index in [9.17, 15) is 5.11 Å². The molecule has 6 heteroatoms. The molecular formula is C15H14N4OS. The van der Waals surface area contributed by atoms with Gasteiger partial charge in [-0.3, -0.25) is 0 Å². The minimum absolute atomic E-state index is 0.298. The number of phenols is 1. The van der Waals surface area contributed by atoms with Crippen LogP contribution < -0.4 is 0 Å². The maximum Gasteiger partial charge on any atom is 0.177 e. The second-order valence-electron chi connectivity index (χ2n) is 4.62. The maximum absolute atomic E-state index is 10.1. The molecule has 0 amide bonds. The lowest BCUT2D eigenvalue weighted by molar-refractivity contribution is 0.481. The molecule has 2 heterocycles. The number of aromatic hydroxyl groups is 1. The molecule has 0 bridgehead atoms. The third kappa shape index (κ3) is 2.62. The number of hydrogen-bond donors (Lipinski definition) is 1. The summed E-state index contributed by atoms with van der Waals surface area (Å²) >= 11 is 1.61. The lowest BCUT2D eigenvalue weighted by Crippen LogP contribution is -1.82. The van der Waals surface area contributed by atoms with E-state index in [1.807, 2.05) is 19.9 Å². The zero-order valence-corrected chi connectivity index (χ0v) is 12.6. The third-order valence-electron chi connectivity index (χ3n) is 3.16. The lowest BCUT2D eigenvalue weighted by Gasteiger charge is -2.05. The Morgan fingerprint density at radius 2 is 2.14 bits per heavy atom. The van der Waals surface area contributed by atoms with Crippen molar-refractivity contribution in [2.45, 2.75) is 20.3 Å². The van der Waals surface area contributed by atoms with Gasteiger partial charge in [-0.25, -0.2) is 9.97 Å². The Kier molecular flexibility index (Phi) is 3.62. The third-order valence-corrected chi connectivity index (χ3v) is 4.22. The summed E-state index contributed by atoms with van der Waals surface area (Å²) in [5.41, 5.74) is 1.78. The summed E-state index contributed by atoms with van der Waals surface area (Å²) < 4.78 is 0.960. The standard InChI is InChI=1S/C15H14N4OS/c1-3-10-7-12(20)11-6-9(2)21-15(11)14(10)19-18-13-4-5-16-8-17-13/h4-8,20H,3H2,1-2H3. The molecule has 106 valence electrons. The van der Waals surface area contributed by atoms with Gasteiger partial charge < -0.3 is 5.11 Å². The largest absolute Gasteiger partial charge is 0.507 e. The number of rotatable bonds is 3. The molecule has 0 saturated heterocycles. The molecule has 0 atom stereocenters. The Balaban J connectivity index is 2.16. The van der Waals surface area contributed by atoms with Crippen molar-refractivity contribution in [3.63, 3.8) is 0 Å². The van der Waals surface area contributed by atoms with Crippen molar-refractivity contribution in [1.29, 1.82) is 0 Å². The van der Waals surface area contributed by atoms with E-state index < -0.39 is 0 Å². The van der Waals surface area contributed by atoms with Crippen molar-refractivity contribution in [2.24, 2.45) is 10.2 Å². The lowest BCUT2D eigenvalue weighted by atomic mass is 10.1. The van der Waals surface area contributed by atoms with Gasteiger partial charge in [0.25, 0.3) is 0 Å². The fourth-order valence-electron chi connectivity index (χ4n) is 2.16. The SMILES string of the molecule is CCc1cc(O)c2cc(C)sc2c1N=Nc1ccncn1. The van der Waals surface area contributed by atoms with E-state index in [1.54, 1.807) is 29.7 Å². The number of hydrogen-bond acceptors (Lipinski definition) is 6.